The number of sulfone groups is 1. The lowest BCUT2D eigenvalue weighted by atomic mass is 9.51. The number of nitrogens with zero attached hydrogens (tertiary/aromatic N) is 1. The predicted octanol–water partition coefficient (Wildman–Crippen LogP) is 2.15. The van der Waals surface area contributed by atoms with Crippen LogP contribution >= 0.6 is 0 Å². The third-order valence-electron chi connectivity index (χ3n) is 6.03. The molecule has 2 aliphatic rings. The van der Waals surface area contributed by atoms with Crippen molar-refractivity contribution < 1.29 is 13.2 Å². The lowest BCUT2D eigenvalue weighted by Crippen LogP contribution is -2.68. The van der Waals surface area contributed by atoms with Crippen molar-refractivity contribution in [1.82, 2.24) is 10.6 Å². The van der Waals surface area contributed by atoms with Crippen LogP contribution in [0.25, 0.3) is 0 Å². The van der Waals surface area contributed by atoms with Crippen LogP contribution in [0.4, 0.5) is 0 Å². The summed E-state index contributed by atoms with van der Waals surface area (Å²) in [6, 6.07) is 7.51. The maximum absolute atomic E-state index is 11.5. The molecule has 1 aromatic rings. The van der Waals surface area contributed by atoms with Gasteiger partial charge in [-0.15, -0.1) is 0 Å². The molecule has 0 bridgehead atoms. The van der Waals surface area contributed by atoms with E-state index in [2.05, 4.69) is 22.5 Å². The molecule has 2 saturated carbocycles. The fourth-order valence-corrected chi connectivity index (χ4v) is 4.86. The Labute approximate surface area is 162 Å². The highest BCUT2D eigenvalue weighted by Crippen LogP contribution is 2.57. The first-order chi connectivity index (χ1) is 12.9. The molecule has 0 aliphatic heterocycles. The highest BCUT2D eigenvalue weighted by Gasteiger charge is 2.59. The second-order valence-corrected chi connectivity index (χ2v) is 9.64. The van der Waals surface area contributed by atoms with Crippen LogP contribution < -0.4 is 10.6 Å². The molecule has 0 heterocycles. The maximum atomic E-state index is 11.5. The molecule has 3 rings (SSSR count). The summed E-state index contributed by atoms with van der Waals surface area (Å²) in [5.74, 6) is 0.828. The second-order valence-electron chi connectivity index (χ2n) is 7.63. The average Bonchev–Trinajstić information content (AvgIpc) is 2.57. The van der Waals surface area contributed by atoms with Crippen LogP contribution in [0, 0.1) is 5.41 Å². The minimum absolute atomic E-state index is 0.301. The summed E-state index contributed by atoms with van der Waals surface area (Å²) in [4.78, 5) is 4.71. The van der Waals surface area contributed by atoms with Crippen LogP contribution in [0.5, 0.6) is 0 Å². The van der Waals surface area contributed by atoms with Crippen molar-refractivity contribution in [3.63, 3.8) is 0 Å². The Morgan fingerprint density at radius 3 is 2.52 bits per heavy atom. The third-order valence-corrected chi connectivity index (χ3v) is 7.16. The number of nitrogens with one attached hydrogen (secondary N) is 2. The van der Waals surface area contributed by atoms with Crippen molar-refractivity contribution in [3.05, 3.63) is 29.8 Å². The van der Waals surface area contributed by atoms with E-state index in [1.165, 1.54) is 25.5 Å². The Hall–Kier alpha value is -1.60. The van der Waals surface area contributed by atoms with Gasteiger partial charge in [0.15, 0.2) is 15.8 Å². The van der Waals surface area contributed by atoms with E-state index in [0.29, 0.717) is 22.5 Å². The number of benzene rings is 1. The summed E-state index contributed by atoms with van der Waals surface area (Å²) >= 11 is 0. The van der Waals surface area contributed by atoms with Crippen LogP contribution in [0.1, 0.15) is 38.2 Å². The average molecular weight is 394 g/mol. The first-order valence-corrected chi connectivity index (χ1v) is 11.7. The first-order valence-electron chi connectivity index (χ1n) is 9.77. The molecule has 6 nitrogen and oxygen atoms in total. The molecular formula is C20H31N3O3S. The van der Waals surface area contributed by atoms with E-state index in [0.717, 1.165) is 37.5 Å². The van der Waals surface area contributed by atoms with Gasteiger partial charge in [-0.3, -0.25) is 4.99 Å². The molecule has 0 radical (unpaired) electrons. The predicted molar refractivity (Wildman–Crippen MR) is 108 cm³/mol. The highest BCUT2D eigenvalue weighted by atomic mass is 32.2. The number of aliphatic imine (C=N–C) groups is 1. The number of rotatable bonds is 7. The van der Waals surface area contributed by atoms with Crippen LogP contribution in [0.2, 0.25) is 0 Å². The Bertz CT molecular complexity index is 770. The van der Waals surface area contributed by atoms with Gasteiger partial charge in [0.25, 0.3) is 0 Å². The van der Waals surface area contributed by atoms with E-state index < -0.39 is 9.84 Å². The largest absolute Gasteiger partial charge is 0.378 e. The van der Waals surface area contributed by atoms with E-state index >= 15 is 0 Å². The van der Waals surface area contributed by atoms with Crippen LogP contribution in [0.3, 0.4) is 0 Å². The molecule has 27 heavy (non-hydrogen) atoms. The number of ether oxygens (including phenoxy) is 1. The zero-order valence-electron chi connectivity index (χ0n) is 16.5. The van der Waals surface area contributed by atoms with Gasteiger partial charge in [-0.25, -0.2) is 8.42 Å². The standard InChI is InChI=1S/C20H31N3O3S/c1-4-26-18-14-17(20(18)11-5-12-20)23-19(21-2)22-13-10-15-6-8-16(9-7-15)27(3,24)25/h6-9,17-18H,4-5,10-14H2,1-3H3,(H2,21,22,23). The van der Waals surface area contributed by atoms with E-state index in [-0.39, 0.29) is 0 Å². The minimum Gasteiger partial charge on any atom is -0.378 e. The molecule has 0 amide bonds. The van der Waals surface area contributed by atoms with E-state index in [4.69, 9.17) is 4.74 Å². The van der Waals surface area contributed by atoms with Gasteiger partial charge in [-0.05, 0) is 50.3 Å². The van der Waals surface area contributed by atoms with Gasteiger partial charge in [0, 0.05) is 37.9 Å². The summed E-state index contributed by atoms with van der Waals surface area (Å²) in [6.45, 7) is 3.59. The van der Waals surface area contributed by atoms with Crippen molar-refractivity contribution >= 4 is 15.8 Å². The van der Waals surface area contributed by atoms with Gasteiger partial charge in [-0.2, -0.15) is 0 Å². The summed E-state index contributed by atoms with van der Waals surface area (Å²) < 4.78 is 29.0. The quantitative estimate of drug-likeness (QED) is 0.548. The fourth-order valence-electron chi connectivity index (χ4n) is 4.23. The zero-order valence-corrected chi connectivity index (χ0v) is 17.3. The molecule has 0 aromatic heterocycles. The molecule has 2 N–H and O–H groups in total. The Morgan fingerprint density at radius 2 is 2.00 bits per heavy atom. The topological polar surface area (TPSA) is 79.8 Å². The smallest absolute Gasteiger partial charge is 0.191 e. The molecule has 2 aliphatic carbocycles. The number of hydrogen-bond donors (Lipinski definition) is 2. The van der Waals surface area contributed by atoms with Crippen molar-refractivity contribution in [2.24, 2.45) is 10.4 Å². The molecule has 150 valence electrons. The molecule has 2 atom stereocenters. The van der Waals surface area contributed by atoms with Gasteiger partial charge in [0.1, 0.15) is 0 Å². The normalized spacial score (nSPS) is 24.2. The lowest BCUT2D eigenvalue weighted by molar-refractivity contribution is -0.168. The van der Waals surface area contributed by atoms with Crippen molar-refractivity contribution in [2.75, 3.05) is 26.5 Å². The summed E-state index contributed by atoms with van der Waals surface area (Å²) in [6.07, 6.45) is 7.23. The SMILES string of the molecule is CCOC1CC(NC(=NC)NCCc2ccc(S(C)(=O)=O)cc2)C12CCC2. The van der Waals surface area contributed by atoms with Gasteiger partial charge in [-0.1, -0.05) is 18.6 Å². The van der Waals surface area contributed by atoms with Gasteiger partial charge < -0.3 is 15.4 Å². The first kappa shape index (κ1) is 20.1. The molecule has 7 heteroatoms. The molecule has 1 spiro atoms. The Balaban J connectivity index is 1.47. The van der Waals surface area contributed by atoms with Crippen molar-refractivity contribution in [2.45, 2.75) is 56.1 Å². The Morgan fingerprint density at radius 1 is 1.30 bits per heavy atom. The van der Waals surface area contributed by atoms with E-state index in [1.807, 2.05) is 12.1 Å². The molecule has 0 saturated heterocycles. The molecular weight excluding hydrogens is 362 g/mol. The Kier molecular flexibility index (Phi) is 6.11. The van der Waals surface area contributed by atoms with Gasteiger partial charge in [0.2, 0.25) is 0 Å². The van der Waals surface area contributed by atoms with Gasteiger partial charge >= 0.3 is 0 Å². The van der Waals surface area contributed by atoms with Crippen LogP contribution in [-0.4, -0.2) is 53.0 Å². The van der Waals surface area contributed by atoms with Gasteiger partial charge in [0.05, 0.1) is 11.0 Å². The van der Waals surface area contributed by atoms with Crippen molar-refractivity contribution in [3.8, 4) is 0 Å². The summed E-state index contributed by atoms with van der Waals surface area (Å²) in [5, 5.41) is 6.95. The highest BCUT2D eigenvalue weighted by molar-refractivity contribution is 7.90. The molecule has 1 aromatic carbocycles. The summed E-state index contributed by atoms with van der Waals surface area (Å²) in [5.41, 5.74) is 1.40. The van der Waals surface area contributed by atoms with E-state index in [9.17, 15) is 8.42 Å². The lowest BCUT2D eigenvalue weighted by Gasteiger charge is -2.61. The zero-order chi connectivity index (χ0) is 19.5. The fraction of sp³-hybridized carbons (Fsp3) is 0.650. The number of hydrogen-bond acceptors (Lipinski definition) is 4. The summed E-state index contributed by atoms with van der Waals surface area (Å²) in [7, 11) is -1.35. The number of guanidine groups is 1. The maximum Gasteiger partial charge on any atom is 0.191 e. The third kappa shape index (κ3) is 4.29. The molecule has 2 unspecified atom stereocenters. The minimum atomic E-state index is -3.14. The van der Waals surface area contributed by atoms with Crippen LogP contribution in [-0.2, 0) is 21.0 Å². The van der Waals surface area contributed by atoms with E-state index in [1.54, 1.807) is 19.2 Å². The van der Waals surface area contributed by atoms with Crippen molar-refractivity contribution in [1.29, 1.82) is 0 Å². The monoisotopic (exact) mass is 393 g/mol. The molecule has 2 fully saturated rings. The second kappa shape index (κ2) is 8.19. The van der Waals surface area contributed by atoms with Crippen LogP contribution in [0.15, 0.2) is 34.2 Å².